The molecule has 0 bridgehead atoms. The zero-order valence-corrected chi connectivity index (χ0v) is 17.9. The number of carbonyl (C=O) groups is 5. The second-order valence-corrected chi connectivity index (χ2v) is 7.91. The molecule has 30 heavy (non-hydrogen) atoms. The Labute approximate surface area is 182 Å². The van der Waals surface area contributed by atoms with Crippen molar-refractivity contribution in [2.24, 2.45) is 0 Å². The van der Waals surface area contributed by atoms with Gasteiger partial charge in [-0.15, -0.1) is 0 Å². The van der Waals surface area contributed by atoms with Gasteiger partial charge in [0.1, 0.15) is 6.04 Å². The topological polar surface area (TPSA) is 113 Å². The quantitative estimate of drug-likeness (QED) is 0.323. The number of nitrogens with one attached hydrogen (secondary N) is 2. The van der Waals surface area contributed by atoms with Gasteiger partial charge < -0.3 is 5.32 Å². The van der Waals surface area contributed by atoms with E-state index in [4.69, 9.17) is 0 Å². The van der Waals surface area contributed by atoms with Crippen molar-refractivity contribution in [3.05, 3.63) is 41.5 Å². The lowest BCUT2D eigenvalue weighted by atomic mass is 10.1. The van der Waals surface area contributed by atoms with E-state index in [1.54, 1.807) is 12.1 Å². The molecule has 158 valence electrons. The van der Waals surface area contributed by atoms with Crippen LogP contribution in [0.3, 0.4) is 0 Å². The molecule has 1 unspecified atom stereocenters. The van der Waals surface area contributed by atoms with Crippen LogP contribution in [0.1, 0.15) is 59.2 Å². The molecule has 2 heterocycles. The molecular weight excluding hydrogens is 454 g/mol. The van der Waals surface area contributed by atoms with Gasteiger partial charge in [-0.3, -0.25) is 34.2 Å². The highest BCUT2D eigenvalue weighted by molar-refractivity contribution is 9.09. The molecule has 0 saturated heterocycles. The van der Waals surface area contributed by atoms with Crippen LogP contribution < -0.4 is 10.6 Å². The van der Waals surface area contributed by atoms with Crippen LogP contribution in [0.25, 0.3) is 0 Å². The number of hydrogen-bond donors (Lipinski definition) is 2. The molecule has 0 aliphatic carbocycles. The fourth-order valence-corrected chi connectivity index (χ4v) is 3.89. The Morgan fingerprint density at radius 1 is 1.03 bits per heavy atom. The van der Waals surface area contributed by atoms with Gasteiger partial charge in [0.25, 0.3) is 17.7 Å². The molecule has 1 atom stereocenters. The zero-order chi connectivity index (χ0) is 21.7. The van der Waals surface area contributed by atoms with Gasteiger partial charge in [-0.2, -0.15) is 0 Å². The van der Waals surface area contributed by atoms with Crippen LogP contribution >= 0.6 is 15.9 Å². The predicted octanol–water partition coefficient (Wildman–Crippen LogP) is 2.54. The highest BCUT2D eigenvalue weighted by Crippen LogP contribution is 2.31. The smallest absolute Gasteiger partial charge is 0.264 e. The van der Waals surface area contributed by atoms with Gasteiger partial charge in [0, 0.05) is 17.8 Å². The number of hydrogen-bond acceptors (Lipinski definition) is 5. The molecule has 1 aromatic carbocycles. The van der Waals surface area contributed by atoms with Crippen LogP contribution in [0, 0.1) is 0 Å². The summed E-state index contributed by atoms with van der Waals surface area (Å²) in [4.78, 5) is 62.2. The van der Waals surface area contributed by atoms with Crippen molar-refractivity contribution >= 4 is 51.2 Å². The second kappa shape index (κ2) is 9.80. The lowest BCUT2D eigenvalue weighted by molar-refractivity contribution is -0.130. The van der Waals surface area contributed by atoms with E-state index in [9.17, 15) is 24.0 Å². The van der Waals surface area contributed by atoms with Gasteiger partial charge in [-0.25, -0.2) is 0 Å². The van der Waals surface area contributed by atoms with Crippen molar-refractivity contribution in [1.29, 1.82) is 0 Å². The molecule has 0 radical (unpaired) electrons. The van der Waals surface area contributed by atoms with Crippen molar-refractivity contribution in [3.8, 4) is 0 Å². The first-order chi connectivity index (χ1) is 14.4. The van der Waals surface area contributed by atoms with Crippen molar-refractivity contribution in [2.75, 3.05) is 10.6 Å². The van der Waals surface area contributed by atoms with Crippen LogP contribution in [0.15, 0.2) is 30.4 Å². The maximum Gasteiger partial charge on any atom is 0.264 e. The van der Waals surface area contributed by atoms with Crippen LogP contribution in [0.5, 0.6) is 0 Å². The first-order valence-corrected chi connectivity index (χ1v) is 11.0. The SMILES string of the molecule is O=C1C=CC(N2C(=O)c3cccc(NC(=O)CCCCCCCBr)c3C2=O)C(=O)N1. The molecule has 2 aliphatic heterocycles. The minimum absolute atomic E-state index is 0.0614. The van der Waals surface area contributed by atoms with E-state index < -0.39 is 29.7 Å². The van der Waals surface area contributed by atoms with Crippen molar-refractivity contribution < 1.29 is 24.0 Å². The Balaban J connectivity index is 1.69. The van der Waals surface area contributed by atoms with Crippen molar-refractivity contribution in [2.45, 2.75) is 44.6 Å². The van der Waals surface area contributed by atoms with E-state index in [0.29, 0.717) is 6.42 Å². The van der Waals surface area contributed by atoms with Crippen molar-refractivity contribution in [3.63, 3.8) is 0 Å². The number of alkyl halides is 1. The van der Waals surface area contributed by atoms with E-state index in [-0.39, 0.29) is 22.7 Å². The van der Waals surface area contributed by atoms with Gasteiger partial charge in [-0.1, -0.05) is 41.3 Å². The van der Waals surface area contributed by atoms with Crippen molar-refractivity contribution in [1.82, 2.24) is 10.2 Å². The molecule has 5 amide bonds. The molecule has 3 rings (SSSR count). The Kier molecular flexibility index (Phi) is 7.15. The first-order valence-electron chi connectivity index (χ1n) is 9.83. The summed E-state index contributed by atoms with van der Waals surface area (Å²) in [6, 6.07) is 3.40. The van der Waals surface area contributed by atoms with Crippen LogP contribution in [-0.2, 0) is 14.4 Å². The van der Waals surface area contributed by atoms with Crippen LogP contribution in [0.4, 0.5) is 5.69 Å². The summed E-state index contributed by atoms with van der Waals surface area (Å²) in [6.45, 7) is 0. The summed E-state index contributed by atoms with van der Waals surface area (Å²) in [6.07, 6.45) is 7.61. The molecule has 0 fully saturated rings. The average Bonchev–Trinajstić information content (AvgIpc) is 2.96. The number of nitrogens with zero attached hydrogens (tertiary/aromatic N) is 1. The predicted molar refractivity (Wildman–Crippen MR) is 113 cm³/mol. The monoisotopic (exact) mass is 475 g/mol. The summed E-state index contributed by atoms with van der Waals surface area (Å²) < 4.78 is 0. The number of halogens is 1. The lowest BCUT2D eigenvalue weighted by Gasteiger charge is -2.24. The number of rotatable bonds is 9. The fraction of sp³-hybridized carbons (Fsp3) is 0.381. The first kappa shape index (κ1) is 21.9. The Morgan fingerprint density at radius 2 is 1.77 bits per heavy atom. The summed E-state index contributed by atoms with van der Waals surface area (Å²) in [5.41, 5.74) is 0.422. The van der Waals surface area contributed by atoms with E-state index in [2.05, 4.69) is 26.6 Å². The lowest BCUT2D eigenvalue weighted by Crippen LogP contribution is -2.51. The van der Waals surface area contributed by atoms with Gasteiger partial charge in [0.05, 0.1) is 16.8 Å². The maximum absolute atomic E-state index is 12.9. The molecule has 0 spiro atoms. The van der Waals surface area contributed by atoms with Gasteiger partial charge in [0.15, 0.2) is 0 Å². The third-order valence-corrected chi connectivity index (χ3v) is 5.54. The number of fused-ring (bicyclic) bond motifs is 1. The van der Waals surface area contributed by atoms with E-state index in [1.165, 1.54) is 12.1 Å². The number of imide groups is 2. The molecule has 8 nitrogen and oxygen atoms in total. The molecule has 0 saturated carbocycles. The molecule has 2 aliphatic rings. The van der Waals surface area contributed by atoms with E-state index in [0.717, 1.165) is 48.4 Å². The second-order valence-electron chi connectivity index (χ2n) is 7.12. The average molecular weight is 476 g/mol. The van der Waals surface area contributed by atoms with Gasteiger partial charge >= 0.3 is 0 Å². The third kappa shape index (κ3) is 4.67. The normalized spacial score (nSPS) is 17.9. The summed E-state index contributed by atoms with van der Waals surface area (Å²) in [5, 5.41) is 5.77. The molecular formula is C21H22BrN3O5. The molecule has 9 heteroatoms. The standard InChI is InChI=1S/C21H22BrN3O5/c22-12-5-3-1-2-4-9-16(26)23-14-8-6-7-13-18(14)21(30)25(20(13)29)15-10-11-17(27)24-19(15)28/h6-8,10-11,15H,1-5,9,12H2,(H,23,26)(H,24,27,28). The minimum Gasteiger partial charge on any atom is -0.325 e. The Morgan fingerprint density at radius 3 is 2.50 bits per heavy atom. The summed E-state index contributed by atoms with van der Waals surface area (Å²) in [5.74, 6) is -2.91. The van der Waals surface area contributed by atoms with Crippen LogP contribution in [-0.4, -0.2) is 45.8 Å². The van der Waals surface area contributed by atoms with Gasteiger partial charge in [-0.05, 0) is 31.1 Å². The van der Waals surface area contributed by atoms with Gasteiger partial charge in [0.2, 0.25) is 11.8 Å². The molecule has 0 aromatic heterocycles. The molecule has 1 aromatic rings. The Hall–Kier alpha value is -2.81. The minimum atomic E-state index is -1.21. The highest BCUT2D eigenvalue weighted by atomic mass is 79.9. The van der Waals surface area contributed by atoms with E-state index >= 15 is 0 Å². The zero-order valence-electron chi connectivity index (χ0n) is 16.3. The number of anilines is 1. The number of amides is 5. The molecule has 2 N–H and O–H groups in total. The number of unbranched alkanes of at least 4 members (excludes halogenated alkanes) is 4. The van der Waals surface area contributed by atoms with E-state index in [1.807, 2.05) is 0 Å². The number of benzene rings is 1. The maximum atomic E-state index is 12.9. The Bertz CT molecular complexity index is 927. The number of carbonyl (C=O) groups excluding carboxylic acids is 5. The fourth-order valence-electron chi connectivity index (χ4n) is 3.49. The third-order valence-electron chi connectivity index (χ3n) is 4.98. The summed E-state index contributed by atoms with van der Waals surface area (Å²) >= 11 is 3.39. The van der Waals surface area contributed by atoms with Crippen LogP contribution in [0.2, 0.25) is 0 Å². The highest BCUT2D eigenvalue weighted by Gasteiger charge is 2.44. The largest absolute Gasteiger partial charge is 0.325 e. The summed E-state index contributed by atoms with van der Waals surface area (Å²) in [7, 11) is 0.